The van der Waals surface area contributed by atoms with Crippen molar-refractivity contribution in [3.63, 3.8) is 0 Å². The zero-order valence-electron chi connectivity index (χ0n) is 19.1. The van der Waals surface area contributed by atoms with Crippen LogP contribution in [-0.4, -0.2) is 71.7 Å². The quantitative estimate of drug-likeness (QED) is 0.376. The number of anilines is 1. The average molecular weight is 495 g/mol. The molecule has 0 fully saturated rings. The Morgan fingerprint density at radius 2 is 1.79 bits per heavy atom. The summed E-state index contributed by atoms with van der Waals surface area (Å²) in [5.41, 5.74) is 0.727. The van der Waals surface area contributed by atoms with E-state index in [4.69, 9.17) is 18.9 Å². The van der Waals surface area contributed by atoms with Gasteiger partial charge in [-0.05, 0) is 18.6 Å². The lowest BCUT2D eigenvalue weighted by molar-refractivity contribution is -0.113. The molecule has 178 valence electrons. The number of carbonyl (C=O) groups excluding carboxylic acids is 1. The fourth-order valence-corrected chi connectivity index (χ4v) is 4.40. The van der Waals surface area contributed by atoms with Gasteiger partial charge >= 0.3 is 0 Å². The van der Waals surface area contributed by atoms with Crippen molar-refractivity contribution >= 4 is 34.1 Å². The molecule has 0 bridgehead atoms. The Hall–Kier alpha value is -2.90. The summed E-state index contributed by atoms with van der Waals surface area (Å²) in [6, 6.07) is 3.60. The van der Waals surface area contributed by atoms with Gasteiger partial charge in [0.2, 0.25) is 16.8 Å². The van der Waals surface area contributed by atoms with Crippen LogP contribution in [0, 0.1) is 0 Å². The number of amides is 1. The topological polar surface area (TPSA) is 123 Å². The molecular weight excluding hydrogens is 468 g/mol. The van der Waals surface area contributed by atoms with Gasteiger partial charge in [0.05, 0.1) is 40.2 Å². The Labute approximate surface area is 199 Å². The first kappa shape index (κ1) is 24.7. The largest absolute Gasteiger partial charge is 0.493 e. The van der Waals surface area contributed by atoms with E-state index in [1.807, 2.05) is 11.5 Å². The highest BCUT2D eigenvalue weighted by Gasteiger charge is 2.20. The number of hydrogen-bond donors (Lipinski definition) is 1. The summed E-state index contributed by atoms with van der Waals surface area (Å²) in [4.78, 5) is 12.4. The van der Waals surface area contributed by atoms with Gasteiger partial charge in [0.1, 0.15) is 5.01 Å². The molecule has 2 aromatic heterocycles. The van der Waals surface area contributed by atoms with Crippen molar-refractivity contribution in [2.75, 3.05) is 46.1 Å². The molecule has 0 unspecified atom stereocenters. The molecule has 0 spiro atoms. The second-order valence-corrected chi connectivity index (χ2v) is 8.56. The van der Waals surface area contributed by atoms with Crippen molar-refractivity contribution in [3.05, 3.63) is 17.1 Å². The lowest BCUT2D eigenvalue weighted by Gasteiger charge is -2.15. The van der Waals surface area contributed by atoms with Gasteiger partial charge in [-0.3, -0.25) is 14.7 Å². The number of ether oxygens (including phenoxy) is 4. The number of aromatic nitrogens is 5. The molecule has 1 amide bonds. The van der Waals surface area contributed by atoms with Crippen LogP contribution in [0.25, 0.3) is 11.4 Å². The van der Waals surface area contributed by atoms with Gasteiger partial charge in [-0.25, -0.2) is 0 Å². The maximum absolute atomic E-state index is 12.4. The van der Waals surface area contributed by atoms with Gasteiger partial charge in [0.15, 0.2) is 22.5 Å². The van der Waals surface area contributed by atoms with Crippen LogP contribution in [0.15, 0.2) is 17.3 Å². The van der Waals surface area contributed by atoms with Gasteiger partial charge in [0.25, 0.3) is 0 Å². The Morgan fingerprint density at radius 1 is 1.06 bits per heavy atom. The minimum atomic E-state index is -0.200. The molecule has 3 aromatic rings. The molecule has 0 saturated heterocycles. The van der Waals surface area contributed by atoms with E-state index in [9.17, 15) is 4.79 Å². The zero-order chi connectivity index (χ0) is 23.8. The van der Waals surface area contributed by atoms with Crippen LogP contribution in [0.3, 0.4) is 0 Å². The van der Waals surface area contributed by atoms with Gasteiger partial charge in [-0.15, -0.1) is 20.4 Å². The van der Waals surface area contributed by atoms with Gasteiger partial charge in [-0.2, -0.15) is 0 Å². The van der Waals surface area contributed by atoms with Crippen molar-refractivity contribution in [2.45, 2.75) is 25.0 Å². The van der Waals surface area contributed by atoms with E-state index in [0.29, 0.717) is 46.5 Å². The third kappa shape index (κ3) is 5.92. The first-order chi connectivity index (χ1) is 16.0. The number of nitrogens with one attached hydrogen (secondary N) is 1. The zero-order valence-corrected chi connectivity index (χ0v) is 20.7. The van der Waals surface area contributed by atoms with Crippen LogP contribution in [-0.2, 0) is 22.5 Å². The van der Waals surface area contributed by atoms with Gasteiger partial charge in [0, 0.05) is 12.7 Å². The molecule has 0 radical (unpaired) electrons. The summed E-state index contributed by atoms with van der Waals surface area (Å²) < 4.78 is 23.5. The highest BCUT2D eigenvalue weighted by Crippen LogP contribution is 2.41. The van der Waals surface area contributed by atoms with E-state index >= 15 is 0 Å². The molecule has 2 heterocycles. The van der Waals surface area contributed by atoms with E-state index in [-0.39, 0.29) is 11.7 Å². The molecule has 1 N–H and O–H groups in total. The lowest BCUT2D eigenvalue weighted by Crippen LogP contribution is -2.15. The van der Waals surface area contributed by atoms with E-state index in [2.05, 4.69) is 25.7 Å². The Kier molecular flexibility index (Phi) is 8.86. The van der Waals surface area contributed by atoms with Crippen molar-refractivity contribution in [1.29, 1.82) is 0 Å². The number of aryl methyl sites for hydroxylation is 1. The molecule has 13 heteroatoms. The number of methoxy groups -OCH3 is 4. The molecular formula is C20H26N6O5S2. The normalized spacial score (nSPS) is 10.8. The van der Waals surface area contributed by atoms with Crippen LogP contribution in [0.4, 0.5) is 5.13 Å². The first-order valence-corrected chi connectivity index (χ1v) is 11.8. The summed E-state index contributed by atoms with van der Waals surface area (Å²) >= 11 is 2.63. The van der Waals surface area contributed by atoms with E-state index in [1.54, 1.807) is 40.6 Å². The second-order valence-electron chi connectivity index (χ2n) is 6.56. The Morgan fingerprint density at radius 3 is 2.36 bits per heavy atom. The summed E-state index contributed by atoms with van der Waals surface area (Å²) in [5, 5.41) is 21.3. The molecule has 33 heavy (non-hydrogen) atoms. The molecule has 0 atom stereocenters. The SMILES string of the molecule is CCc1nnc(NC(=O)CSc2nnc(-c3cc(OC)c(OC)c(OC)c3)n2CCOC)s1. The van der Waals surface area contributed by atoms with Crippen LogP contribution >= 0.6 is 23.1 Å². The Balaban J connectivity index is 1.83. The van der Waals surface area contributed by atoms with Gasteiger partial charge in [-0.1, -0.05) is 30.0 Å². The molecule has 0 saturated carbocycles. The predicted molar refractivity (Wildman–Crippen MR) is 126 cm³/mol. The van der Waals surface area contributed by atoms with Crippen LogP contribution in [0.1, 0.15) is 11.9 Å². The van der Waals surface area contributed by atoms with E-state index in [0.717, 1.165) is 17.0 Å². The van der Waals surface area contributed by atoms with Crippen LogP contribution in [0.5, 0.6) is 17.2 Å². The summed E-state index contributed by atoms with van der Waals surface area (Å²) in [7, 11) is 6.28. The van der Waals surface area contributed by atoms with Crippen molar-refractivity contribution in [3.8, 4) is 28.6 Å². The third-order valence-corrected chi connectivity index (χ3v) is 6.46. The highest BCUT2D eigenvalue weighted by molar-refractivity contribution is 7.99. The second kappa shape index (κ2) is 11.8. The minimum absolute atomic E-state index is 0.140. The summed E-state index contributed by atoms with van der Waals surface area (Å²) in [5.74, 6) is 2.03. The number of nitrogens with zero attached hydrogens (tertiary/aromatic N) is 5. The third-order valence-electron chi connectivity index (χ3n) is 4.51. The maximum atomic E-state index is 12.4. The minimum Gasteiger partial charge on any atom is -0.493 e. The molecule has 1 aromatic carbocycles. The highest BCUT2D eigenvalue weighted by atomic mass is 32.2. The Bertz CT molecular complexity index is 1060. The summed E-state index contributed by atoms with van der Waals surface area (Å²) in [6.45, 7) is 2.93. The molecule has 3 rings (SSSR count). The lowest BCUT2D eigenvalue weighted by atomic mass is 10.1. The van der Waals surface area contributed by atoms with Crippen molar-refractivity contribution in [1.82, 2.24) is 25.0 Å². The number of rotatable bonds is 12. The fraction of sp³-hybridized carbons (Fsp3) is 0.450. The average Bonchev–Trinajstić information content (AvgIpc) is 3.46. The van der Waals surface area contributed by atoms with Gasteiger partial charge < -0.3 is 18.9 Å². The summed E-state index contributed by atoms with van der Waals surface area (Å²) in [6.07, 6.45) is 0.772. The molecule has 11 nitrogen and oxygen atoms in total. The van der Waals surface area contributed by atoms with Crippen molar-refractivity contribution < 1.29 is 23.7 Å². The molecule has 0 aliphatic heterocycles. The fourth-order valence-electron chi connectivity index (χ4n) is 2.94. The van der Waals surface area contributed by atoms with Crippen LogP contribution in [0.2, 0.25) is 0 Å². The first-order valence-electron chi connectivity index (χ1n) is 10.0. The van der Waals surface area contributed by atoms with Crippen molar-refractivity contribution in [2.24, 2.45) is 0 Å². The predicted octanol–water partition coefficient (Wildman–Crippen LogP) is 2.76. The number of benzene rings is 1. The molecule has 0 aliphatic rings. The number of thioether (sulfide) groups is 1. The van der Waals surface area contributed by atoms with E-state index < -0.39 is 0 Å². The standard InChI is InChI=1S/C20H26N6O5S2/c1-6-16-22-24-19(33-16)21-15(27)11-32-20-25-23-18(26(20)7-8-28-2)12-9-13(29-3)17(31-5)14(10-12)30-4/h9-10H,6-8,11H2,1-5H3,(H,21,24,27). The molecule has 0 aliphatic carbocycles. The van der Waals surface area contributed by atoms with Crippen LogP contribution < -0.4 is 19.5 Å². The smallest absolute Gasteiger partial charge is 0.236 e. The van der Waals surface area contributed by atoms with E-state index in [1.165, 1.54) is 23.1 Å². The number of hydrogen-bond acceptors (Lipinski definition) is 11. The number of carbonyl (C=O) groups is 1. The monoisotopic (exact) mass is 494 g/mol. The maximum Gasteiger partial charge on any atom is 0.236 e.